The molecule has 150 valence electrons. The zero-order chi connectivity index (χ0) is 20.2. The van der Waals surface area contributed by atoms with Crippen molar-refractivity contribution in [2.45, 2.75) is 91.5 Å². The third-order valence-corrected chi connectivity index (χ3v) is 4.79. The molecule has 5 rings (SSSR count). The molecular weight excluding hydrogens is 340 g/mol. The Hall–Kier alpha value is -2.11. The molecule has 0 radical (unpaired) electrons. The van der Waals surface area contributed by atoms with Crippen molar-refractivity contribution in [3.05, 3.63) is 24.8 Å². The summed E-state index contributed by atoms with van der Waals surface area (Å²) in [7, 11) is 0. The van der Waals surface area contributed by atoms with Gasteiger partial charge in [0.05, 0.1) is 18.0 Å². The van der Waals surface area contributed by atoms with E-state index in [0.717, 1.165) is 30.3 Å². The molecule has 4 heterocycles. The number of carbonyl (C=O) groups excluding carboxylic acids is 1. The predicted molar refractivity (Wildman–Crippen MR) is 109 cm³/mol. The number of aromatic nitrogens is 3. The van der Waals surface area contributed by atoms with Gasteiger partial charge in [-0.3, -0.25) is 4.98 Å². The molecule has 0 aromatic carbocycles. The number of imidazole rings is 1. The maximum Gasteiger partial charge on any atom is 0.410 e. The molecule has 2 bridgehead atoms. The smallest absolute Gasteiger partial charge is 0.410 e. The Kier molecular flexibility index (Phi) is 6.84. The van der Waals surface area contributed by atoms with Crippen molar-refractivity contribution in [1.29, 1.82) is 0 Å². The van der Waals surface area contributed by atoms with Crippen LogP contribution in [0.4, 0.5) is 4.79 Å². The van der Waals surface area contributed by atoms with Crippen molar-refractivity contribution in [2.75, 3.05) is 0 Å². The molecule has 3 aliphatic rings. The SMILES string of the molecule is CC.CC.CC(C)(C)OC(=O)N1C2CC(n3cnc4cnccc43)C[C@H]1C2. The van der Waals surface area contributed by atoms with E-state index < -0.39 is 5.60 Å². The topological polar surface area (TPSA) is 60.2 Å². The normalized spacial score (nSPS) is 23.4. The summed E-state index contributed by atoms with van der Waals surface area (Å²) in [5, 5.41) is 0. The first-order chi connectivity index (χ1) is 12.9. The summed E-state index contributed by atoms with van der Waals surface area (Å²) in [5.74, 6) is 0. The first kappa shape index (κ1) is 21.2. The molecule has 6 nitrogen and oxygen atoms in total. The lowest BCUT2D eigenvalue weighted by Gasteiger charge is -2.55. The average Bonchev–Trinajstić information content (AvgIpc) is 3.07. The first-order valence-corrected chi connectivity index (χ1v) is 10.2. The molecule has 1 aliphatic carbocycles. The quantitative estimate of drug-likeness (QED) is 0.688. The van der Waals surface area contributed by atoms with Crippen LogP contribution in [0.2, 0.25) is 0 Å². The Balaban J connectivity index is 0.000000614. The van der Waals surface area contributed by atoms with Gasteiger partial charge in [-0.25, -0.2) is 9.78 Å². The van der Waals surface area contributed by atoms with Crippen LogP contribution in [0.5, 0.6) is 0 Å². The lowest BCUT2D eigenvalue weighted by Crippen LogP contribution is -2.63. The predicted octanol–water partition coefficient (Wildman–Crippen LogP) is 5.20. The van der Waals surface area contributed by atoms with Gasteiger partial charge in [0.1, 0.15) is 11.1 Å². The molecule has 2 unspecified atom stereocenters. The molecule has 2 aromatic rings. The minimum Gasteiger partial charge on any atom is -0.444 e. The van der Waals surface area contributed by atoms with Crippen molar-refractivity contribution in [1.82, 2.24) is 19.4 Å². The van der Waals surface area contributed by atoms with Gasteiger partial charge in [0.15, 0.2) is 0 Å². The average molecular weight is 375 g/mol. The summed E-state index contributed by atoms with van der Waals surface area (Å²) in [6, 6.07) is 2.97. The number of carbonyl (C=O) groups is 1. The summed E-state index contributed by atoms with van der Waals surface area (Å²) < 4.78 is 7.77. The summed E-state index contributed by atoms with van der Waals surface area (Å²) in [6.45, 7) is 13.7. The Bertz CT molecular complexity index is 738. The summed E-state index contributed by atoms with van der Waals surface area (Å²) >= 11 is 0. The van der Waals surface area contributed by atoms with Gasteiger partial charge in [-0.05, 0) is 46.1 Å². The number of rotatable bonds is 1. The van der Waals surface area contributed by atoms with Gasteiger partial charge < -0.3 is 14.2 Å². The zero-order valence-corrected chi connectivity index (χ0v) is 17.8. The zero-order valence-electron chi connectivity index (χ0n) is 17.8. The number of fused-ring (bicyclic) bond motifs is 3. The minimum absolute atomic E-state index is 0.170. The molecule has 1 amide bonds. The van der Waals surface area contributed by atoms with E-state index in [2.05, 4.69) is 14.5 Å². The maximum absolute atomic E-state index is 12.3. The van der Waals surface area contributed by atoms with Crippen LogP contribution in [0.25, 0.3) is 11.0 Å². The molecular formula is C21H34N4O2. The summed E-state index contributed by atoms with van der Waals surface area (Å²) in [4.78, 5) is 22.8. The van der Waals surface area contributed by atoms with E-state index in [1.54, 1.807) is 12.4 Å². The third-order valence-electron chi connectivity index (χ3n) is 4.79. The van der Waals surface area contributed by atoms with E-state index in [0.29, 0.717) is 6.04 Å². The van der Waals surface area contributed by atoms with Crippen molar-refractivity contribution < 1.29 is 9.53 Å². The van der Waals surface area contributed by atoms with Crippen LogP contribution in [0.1, 0.15) is 73.8 Å². The molecule has 2 aromatic heterocycles. The number of nitrogens with zero attached hydrogens (tertiary/aromatic N) is 4. The highest BCUT2D eigenvalue weighted by Crippen LogP contribution is 2.44. The lowest BCUT2D eigenvalue weighted by molar-refractivity contribution is -0.0627. The van der Waals surface area contributed by atoms with E-state index in [-0.39, 0.29) is 18.2 Å². The fraction of sp³-hybridized carbons (Fsp3) is 0.667. The molecule has 1 saturated carbocycles. The number of pyridine rings is 1. The molecule has 3 atom stereocenters. The molecule has 0 N–H and O–H groups in total. The van der Waals surface area contributed by atoms with E-state index in [4.69, 9.17) is 4.74 Å². The summed E-state index contributed by atoms with van der Waals surface area (Å²) in [6.07, 6.45) is 8.34. The van der Waals surface area contributed by atoms with Crippen LogP contribution in [0, 0.1) is 0 Å². The van der Waals surface area contributed by atoms with Crippen molar-refractivity contribution >= 4 is 17.1 Å². The van der Waals surface area contributed by atoms with Crippen LogP contribution in [0.15, 0.2) is 24.8 Å². The van der Waals surface area contributed by atoms with Crippen LogP contribution < -0.4 is 0 Å². The molecule has 2 aliphatic heterocycles. The number of hydrogen-bond acceptors (Lipinski definition) is 4. The molecule has 0 spiro atoms. The highest BCUT2D eigenvalue weighted by Gasteiger charge is 2.49. The van der Waals surface area contributed by atoms with E-state index in [1.165, 1.54) is 0 Å². The second kappa shape index (κ2) is 8.72. The molecule has 3 fully saturated rings. The largest absolute Gasteiger partial charge is 0.444 e. The Morgan fingerprint density at radius 2 is 1.67 bits per heavy atom. The molecule has 27 heavy (non-hydrogen) atoms. The fourth-order valence-corrected chi connectivity index (χ4v) is 3.86. The summed E-state index contributed by atoms with van der Waals surface area (Å²) in [5.41, 5.74) is 1.61. The van der Waals surface area contributed by atoms with Crippen molar-refractivity contribution in [3.63, 3.8) is 0 Å². The standard InChI is InChI=1S/C17H22N4O2.2C2H6/c1-17(2,3)23-16(22)21-12-6-11(7-13(21)8-12)20-10-19-14-9-18-5-4-15(14)20;2*1-2/h4-5,9-13H,6-8H2,1-3H3;2*1-2H3/t11?,12-,13?;;/m0../s1. The lowest BCUT2D eigenvalue weighted by atomic mass is 9.77. The first-order valence-electron chi connectivity index (χ1n) is 10.2. The maximum atomic E-state index is 12.3. The second-order valence-corrected chi connectivity index (χ2v) is 7.57. The Morgan fingerprint density at radius 3 is 2.26 bits per heavy atom. The van der Waals surface area contributed by atoms with Crippen molar-refractivity contribution in [3.8, 4) is 0 Å². The third kappa shape index (κ3) is 4.42. The second-order valence-electron chi connectivity index (χ2n) is 7.57. The number of piperidine rings is 1. The van der Waals surface area contributed by atoms with Gasteiger partial charge in [-0.1, -0.05) is 27.7 Å². The van der Waals surface area contributed by atoms with E-state index in [9.17, 15) is 4.79 Å². The number of hydrogen-bond donors (Lipinski definition) is 0. The van der Waals surface area contributed by atoms with Crippen LogP contribution in [0.3, 0.4) is 0 Å². The minimum atomic E-state index is -0.437. The molecule has 6 heteroatoms. The number of amides is 1. The van der Waals surface area contributed by atoms with Crippen molar-refractivity contribution in [2.24, 2.45) is 0 Å². The molecule has 2 saturated heterocycles. The Labute approximate surface area is 162 Å². The monoisotopic (exact) mass is 374 g/mol. The fourth-order valence-electron chi connectivity index (χ4n) is 3.86. The van der Waals surface area contributed by atoms with E-state index in [1.807, 2.05) is 65.8 Å². The van der Waals surface area contributed by atoms with Crippen LogP contribution in [-0.2, 0) is 4.74 Å². The van der Waals surface area contributed by atoms with Crippen LogP contribution >= 0.6 is 0 Å². The van der Waals surface area contributed by atoms with Gasteiger partial charge in [-0.15, -0.1) is 0 Å². The van der Waals surface area contributed by atoms with Gasteiger partial charge in [0.25, 0.3) is 0 Å². The highest BCUT2D eigenvalue weighted by atomic mass is 16.6. The van der Waals surface area contributed by atoms with Crippen LogP contribution in [-0.4, -0.2) is 43.2 Å². The van der Waals surface area contributed by atoms with Gasteiger partial charge >= 0.3 is 6.09 Å². The van der Waals surface area contributed by atoms with E-state index >= 15 is 0 Å². The van der Waals surface area contributed by atoms with Gasteiger partial charge in [0.2, 0.25) is 0 Å². The van der Waals surface area contributed by atoms with Gasteiger partial charge in [0, 0.05) is 24.3 Å². The Morgan fingerprint density at radius 1 is 1.07 bits per heavy atom. The number of ether oxygens (including phenoxy) is 1. The van der Waals surface area contributed by atoms with Gasteiger partial charge in [-0.2, -0.15) is 0 Å². The highest BCUT2D eigenvalue weighted by molar-refractivity contribution is 5.74.